The van der Waals surface area contributed by atoms with Gasteiger partial charge < -0.3 is 23.7 Å². The van der Waals surface area contributed by atoms with Crippen molar-refractivity contribution in [1.82, 2.24) is 0 Å². The number of terminal acetylenes is 1. The zero-order valence-electron chi connectivity index (χ0n) is 59.9. The van der Waals surface area contributed by atoms with Crippen molar-refractivity contribution in [1.29, 1.82) is 0 Å². The summed E-state index contributed by atoms with van der Waals surface area (Å²) in [6.45, 7) is 11.4. The van der Waals surface area contributed by atoms with Gasteiger partial charge in [0.1, 0.15) is 42.8 Å². The number of benzene rings is 4. The zero-order valence-corrected chi connectivity index (χ0v) is 59.9. The molecular formula is C86H136O6. The quantitative estimate of drug-likeness (QED) is 0.0249. The van der Waals surface area contributed by atoms with Crippen LogP contribution in [0.15, 0.2) is 78.9 Å². The first-order valence-corrected chi connectivity index (χ1v) is 39.1. The van der Waals surface area contributed by atoms with Crippen LogP contribution in [0.3, 0.4) is 0 Å². The number of unbranched alkanes of at least 4 members (excludes halogenated alkanes) is 44. The molecule has 6 nitrogen and oxygen atoms in total. The van der Waals surface area contributed by atoms with Crippen LogP contribution < -0.4 is 18.9 Å². The molecule has 0 amide bonds. The molecule has 0 spiro atoms. The molecule has 0 N–H and O–H groups in total. The van der Waals surface area contributed by atoms with Crippen LogP contribution in [0, 0.1) is 12.3 Å². The first-order valence-electron chi connectivity index (χ1n) is 39.1. The maximum absolute atomic E-state index is 13.9. The molecule has 4 aromatic carbocycles. The zero-order chi connectivity index (χ0) is 65.3. The van der Waals surface area contributed by atoms with Gasteiger partial charge in [-0.25, -0.2) is 4.79 Å². The molecule has 0 aromatic heterocycles. The lowest BCUT2D eigenvalue weighted by Gasteiger charge is -2.16. The minimum Gasteiger partial charge on any atom is -0.493 e. The summed E-state index contributed by atoms with van der Waals surface area (Å²) in [6, 6.07) is 26.3. The van der Waals surface area contributed by atoms with Crippen molar-refractivity contribution < 1.29 is 28.5 Å². The second-order valence-electron chi connectivity index (χ2n) is 27.3. The van der Waals surface area contributed by atoms with E-state index in [1.165, 1.54) is 306 Å². The van der Waals surface area contributed by atoms with Crippen LogP contribution in [-0.4, -0.2) is 19.2 Å². The fourth-order valence-electron chi connectivity index (χ4n) is 12.7. The lowest BCUT2D eigenvalue weighted by atomic mass is 10.0. The average Bonchev–Trinajstić information content (AvgIpc) is 1.15. The van der Waals surface area contributed by atoms with Crippen molar-refractivity contribution in [3.8, 4) is 35.3 Å². The van der Waals surface area contributed by atoms with E-state index in [1.807, 2.05) is 30.3 Å². The van der Waals surface area contributed by atoms with Crippen LogP contribution in [0.4, 0.5) is 0 Å². The van der Waals surface area contributed by atoms with Gasteiger partial charge in [0.15, 0.2) is 0 Å². The molecule has 0 radical (unpaired) electrons. The molecule has 0 unspecified atom stereocenters. The van der Waals surface area contributed by atoms with Crippen molar-refractivity contribution in [3.05, 3.63) is 118 Å². The Labute approximate surface area is 566 Å². The Kier molecular flexibility index (Phi) is 48.8. The van der Waals surface area contributed by atoms with Gasteiger partial charge in [0.25, 0.3) is 0 Å². The summed E-state index contributed by atoms with van der Waals surface area (Å²) in [5.41, 5.74) is 6.63. The number of ether oxygens (including phenoxy) is 5. The summed E-state index contributed by atoms with van der Waals surface area (Å²) >= 11 is 0. The number of carbonyl (C=O) groups is 1. The second kappa shape index (κ2) is 56.5. The first-order chi connectivity index (χ1) is 45.5. The van der Waals surface area contributed by atoms with Crippen molar-refractivity contribution in [2.24, 2.45) is 0 Å². The first kappa shape index (κ1) is 79.5. The standard InChI is InChI=1S/C86H136O6/c1-6-11-15-19-23-27-31-35-39-43-47-51-55-79-63-61-77(67-84(79)88-65-53-49-45-41-37-33-29-25-21-17-13-8-3)73-90-82-69-81(86(87)92-72-76-59-57-75(10-5)58-60-76)70-83(71-82)91-74-78-62-64-80(56-52-48-44-40-36-32-28-24-20-16-12-7-2)85(68-78)89-66-54-50-46-42-38-34-30-26-22-18-14-9-4/h5,57-64,67-71H,6-9,11-56,65-66,72-74H2,1-4H3. The maximum atomic E-state index is 13.9. The van der Waals surface area contributed by atoms with Crippen LogP contribution in [0.5, 0.6) is 23.0 Å². The highest BCUT2D eigenvalue weighted by Crippen LogP contribution is 2.31. The molecule has 4 rings (SSSR count). The molecule has 92 heavy (non-hydrogen) atoms. The lowest BCUT2D eigenvalue weighted by molar-refractivity contribution is 0.0471. The van der Waals surface area contributed by atoms with Crippen molar-refractivity contribution >= 4 is 5.97 Å². The summed E-state index contributed by atoms with van der Waals surface area (Å²) in [5.74, 6) is 5.25. The molecule has 0 atom stereocenters. The third-order valence-corrected chi connectivity index (χ3v) is 18.8. The number of hydrogen-bond acceptors (Lipinski definition) is 6. The van der Waals surface area contributed by atoms with Gasteiger partial charge in [-0.2, -0.15) is 0 Å². The Morgan fingerprint density at radius 1 is 0.315 bits per heavy atom. The summed E-state index contributed by atoms with van der Waals surface area (Å²) in [6.07, 6.45) is 71.5. The van der Waals surface area contributed by atoms with E-state index >= 15 is 0 Å². The van der Waals surface area contributed by atoms with E-state index in [2.05, 4.69) is 70.0 Å². The normalized spacial score (nSPS) is 11.3. The number of rotatable bonds is 63. The Balaban J connectivity index is 1.43. The number of aryl methyl sites for hydroxylation is 2. The van der Waals surface area contributed by atoms with Gasteiger partial charge in [-0.3, -0.25) is 0 Å². The van der Waals surface area contributed by atoms with Gasteiger partial charge in [-0.15, -0.1) is 6.42 Å². The molecule has 0 aliphatic rings. The SMILES string of the molecule is C#Cc1ccc(COC(=O)c2cc(OCc3ccc(CCCCCCCCCCCCCC)c(OCCCCCCCCCCCCCC)c3)cc(OCc3ccc(CCCCCCCCCCCCCC)c(OCCCCCCCCCCCCCC)c3)c2)cc1. The van der Waals surface area contributed by atoms with E-state index in [0.29, 0.717) is 30.3 Å². The fraction of sp³-hybridized carbons (Fsp3) is 0.686. The molecule has 516 valence electrons. The Morgan fingerprint density at radius 2 is 0.609 bits per heavy atom. The molecule has 0 aliphatic heterocycles. The second-order valence-corrected chi connectivity index (χ2v) is 27.3. The number of esters is 1. The highest BCUT2D eigenvalue weighted by molar-refractivity contribution is 5.90. The van der Waals surface area contributed by atoms with Gasteiger partial charge in [-0.1, -0.05) is 353 Å². The Morgan fingerprint density at radius 3 is 0.924 bits per heavy atom. The van der Waals surface area contributed by atoms with E-state index < -0.39 is 5.97 Å². The third-order valence-electron chi connectivity index (χ3n) is 18.8. The van der Waals surface area contributed by atoms with Crippen LogP contribution in [0.2, 0.25) is 0 Å². The van der Waals surface area contributed by atoms with Crippen LogP contribution >= 0.6 is 0 Å². The van der Waals surface area contributed by atoms with Crippen molar-refractivity contribution in [3.63, 3.8) is 0 Å². The summed E-state index contributed by atoms with van der Waals surface area (Å²) in [7, 11) is 0. The van der Waals surface area contributed by atoms with E-state index in [0.717, 1.165) is 72.6 Å². The minimum absolute atomic E-state index is 0.117. The van der Waals surface area contributed by atoms with Crippen LogP contribution in [0.1, 0.15) is 380 Å². The topological polar surface area (TPSA) is 63.2 Å². The number of carbonyl (C=O) groups excluding carboxylic acids is 1. The van der Waals surface area contributed by atoms with Crippen molar-refractivity contribution in [2.75, 3.05) is 13.2 Å². The van der Waals surface area contributed by atoms with Gasteiger partial charge in [0.2, 0.25) is 0 Å². The van der Waals surface area contributed by atoms with Crippen molar-refractivity contribution in [2.45, 2.75) is 369 Å². The molecule has 0 aliphatic carbocycles. The molecule has 0 bridgehead atoms. The van der Waals surface area contributed by atoms with Gasteiger partial charge in [0, 0.05) is 11.6 Å². The molecule has 0 saturated heterocycles. The Hall–Kier alpha value is -4.89. The van der Waals surface area contributed by atoms with Gasteiger partial charge in [0.05, 0.1) is 18.8 Å². The number of hydrogen-bond donors (Lipinski definition) is 0. The largest absolute Gasteiger partial charge is 0.493 e. The maximum Gasteiger partial charge on any atom is 0.338 e. The van der Waals surface area contributed by atoms with Crippen LogP contribution in [-0.2, 0) is 37.4 Å². The average molecular weight is 1270 g/mol. The highest BCUT2D eigenvalue weighted by atomic mass is 16.5. The molecule has 0 saturated carbocycles. The lowest BCUT2D eigenvalue weighted by Crippen LogP contribution is -2.07. The molecule has 0 fully saturated rings. The van der Waals surface area contributed by atoms with E-state index in [9.17, 15) is 4.79 Å². The fourth-order valence-corrected chi connectivity index (χ4v) is 12.7. The van der Waals surface area contributed by atoms with Crippen LogP contribution in [0.25, 0.3) is 0 Å². The predicted octanol–water partition coefficient (Wildman–Crippen LogP) is 26.8. The smallest absolute Gasteiger partial charge is 0.338 e. The predicted molar refractivity (Wildman–Crippen MR) is 394 cm³/mol. The summed E-state index contributed by atoms with van der Waals surface area (Å²) in [4.78, 5) is 13.9. The monoisotopic (exact) mass is 1270 g/mol. The molecule has 6 heteroatoms. The molecule has 4 aromatic rings. The van der Waals surface area contributed by atoms with E-state index in [-0.39, 0.29) is 6.61 Å². The van der Waals surface area contributed by atoms with Gasteiger partial charge in [-0.05, 0) is 103 Å². The molecule has 0 heterocycles. The van der Waals surface area contributed by atoms with E-state index in [4.69, 9.17) is 30.1 Å². The summed E-state index contributed by atoms with van der Waals surface area (Å²) < 4.78 is 32.5. The summed E-state index contributed by atoms with van der Waals surface area (Å²) in [5, 5.41) is 0. The Bertz CT molecular complexity index is 2290. The third kappa shape index (κ3) is 40.4. The van der Waals surface area contributed by atoms with E-state index in [1.54, 1.807) is 12.1 Å². The highest BCUT2D eigenvalue weighted by Gasteiger charge is 2.16. The molecular weight excluding hydrogens is 1130 g/mol. The van der Waals surface area contributed by atoms with Gasteiger partial charge >= 0.3 is 5.97 Å². The minimum atomic E-state index is -0.451.